The number of ether oxygens (including phenoxy) is 1. The summed E-state index contributed by atoms with van der Waals surface area (Å²) in [6, 6.07) is 11.1. The van der Waals surface area contributed by atoms with Crippen molar-refractivity contribution in [1.82, 2.24) is 15.2 Å². The quantitative estimate of drug-likeness (QED) is 0.465. The Bertz CT molecular complexity index is 1010. The number of rotatable bonds is 5. The van der Waals surface area contributed by atoms with Crippen LogP contribution in [0.2, 0.25) is 0 Å². The Morgan fingerprint density at radius 3 is 2.93 bits per heavy atom. The molecule has 4 rings (SSSR count). The van der Waals surface area contributed by atoms with E-state index in [1.54, 1.807) is 6.07 Å². The Balaban J connectivity index is 1.52. The number of guanidine groups is 1. The zero-order valence-electron chi connectivity index (χ0n) is 15.7. The number of para-hydroxylation sites is 1. The lowest BCUT2D eigenvalue weighted by Gasteiger charge is -2.11. The van der Waals surface area contributed by atoms with Crippen LogP contribution in [0.4, 0.5) is 0 Å². The number of furan rings is 1. The molecule has 4 N–H and O–H groups in total. The number of nitrogens with one attached hydrogen (secondary N) is 2. The second-order valence-electron chi connectivity index (χ2n) is 6.77. The number of hydrogen-bond donors (Lipinski definition) is 3. The van der Waals surface area contributed by atoms with E-state index in [-0.39, 0.29) is 11.9 Å². The van der Waals surface area contributed by atoms with Gasteiger partial charge in [0.05, 0.1) is 12.1 Å². The van der Waals surface area contributed by atoms with Gasteiger partial charge in [-0.25, -0.2) is 0 Å². The standard InChI is InChI=1S/C20H23N5O3/c1-22-20(21)24-19(26)15-11-13-5-4-6-16(18(13)23-15)28-17-8-7-14(27-17)12-25-9-2-3-10-25/h4-8,11,23H,2-3,9-10,12H2,1H3,(H3,21,22,24,26). The molecular formula is C20H23N5O3. The van der Waals surface area contributed by atoms with Gasteiger partial charge in [-0.3, -0.25) is 20.0 Å². The van der Waals surface area contributed by atoms with Crippen LogP contribution in [0.25, 0.3) is 10.9 Å². The normalized spacial score (nSPS) is 15.2. The number of nitrogens with two attached hydrogens (primary N) is 1. The minimum absolute atomic E-state index is 0.0567. The molecule has 28 heavy (non-hydrogen) atoms. The molecule has 146 valence electrons. The van der Waals surface area contributed by atoms with Crippen molar-refractivity contribution in [2.24, 2.45) is 10.7 Å². The van der Waals surface area contributed by atoms with Crippen molar-refractivity contribution in [1.29, 1.82) is 0 Å². The molecule has 8 heteroatoms. The van der Waals surface area contributed by atoms with E-state index in [0.29, 0.717) is 22.9 Å². The number of benzene rings is 1. The Kier molecular flexibility index (Phi) is 5.03. The zero-order valence-corrected chi connectivity index (χ0v) is 15.7. The van der Waals surface area contributed by atoms with Crippen molar-refractivity contribution in [2.45, 2.75) is 19.4 Å². The number of carbonyl (C=O) groups is 1. The number of likely N-dealkylation sites (tertiary alicyclic amines) is 1. The number of hydrogen-bond acceptors (Lipinski definition) is 5. The summed E-state index contributed by atoms with van der Waals surface area (Å²) in [5.41, 5.74) is 6.63. The van der Waals surface area contributed by atoms with E-state index >= 15 is 0 Å². The summed E-state index contributed by atoms with van der Waals surface area (Å²) < 4.78 is 11.8. The van der Waals surface area contributed by atoms with Crippen LogP contribution in [-0.2, 0) is 6.54 Å². The van der Waals surface area contributed by atoms with Gasteiger partial charge in [-0.2, -0.15) is 0 Å². The van der Waals surface area contributed by atoms with Crippen LogP contribution >= 0.6 is 0 Å². The first-order chi connectivity index (χ1) is 13.6. The SMILES string of the molecule is CN=C(N)NC(=O)c1cc2cccc(Oc3ccc(CN4CCCC4)o3)c2[nH]1. The summed E-state index contributed by atoms with van der Waals surface area (Å²) in [6.07, 6.45) is 2.48. The van der Waals surface area contributed by atoms with Gasteiger partial charge < -0.3 is 19.9 Å². The maximum Gasteiger partial charge on any atom is 0.290 e. The highest BCUT2D eigenvalue weighted by atomic mass is 16.6. The van der Waals surface area contributed by atoms with Crippen LogP contribution < -0.4 is 15.8 Å². The van der Waals surface area contributed by atoms with Crippen molar-refractivity contribution in [3.05, 3.63) is 47.9 Å². The molecule has 3 aromatic rings. The van der Waals surface area contributed by atoms with Gasteiger partial charge in [0.15, 0.2) is 11.7 Å². The lowest BCUT2D eigenvalue weighted by Crippen LogP contribution is -2.36. The fraction of sp³-hybridized carbons (Fsp3) is 0.300. The average Bonchev–Trinajstić information content (AvgIpc) is 3.43. The lowest BCUT2D eigenvalue weighted by molar-refractivity contribution is 0.0972. The Morgan fingerprint density at radius 1 is 1.32 bits per heavy atom. The molecule has 1 amide bonds. The number of nitrogens with zero attached hydrogens (tertiary/aromatic N) is 2. The minimum Gasteiger partial charge on any atom is -0.429 e. The number of aromatic amines is 1. The molecule has 0 spiro atoms. The summed E-state index contributed by atoms with van der Waals surface area (Å²) in [5.74, 6) is 1.57. The van der Waals surface area contributed by atoms with Gasteiger partial charge in [0.25, 0.3) is 11.9 Å². The summed E-state index contributed by atoms with van der Waals surface area (Å²) in [6.45, 7) is 3.01. The first kappa shape index (κ1) is 18.1. The first-order valence-electron chi connectivity index (χ1n) is 9.26. The Labute approximate surface area is 162 Å². The molecule has 2 aromatic heterocycles. The van der Waals surface area contributed by atoms with E-state index in [2.05, 4.69) is 20.2 Å². The molecule has 3 heterocycles. The molecule has 0 radical (unpaired) electrons. The number of amides is 1. The Hall–Kier alpha value is -3.26. The summed E-state index contributed by atoms with van der Waals surface area (Å²) in [7, 11) is 1.51. The van der Waals surface area contributed by atoms with Gasteiger partial charge in [-0.05, 0) is 44.1 Å². The van der Waals surface area contributed by atoms with Crippen molar-refractivity contribution >= 4 is 22.8 Å². The third-order valence-corrected chi connectivity index (χ3v) is 4.77. The highest BCUT2D eigenvalue weighted by molar-refractivity contribution is 6.07. The zero-order chi connectivity index (χ0) is 19.5. The molecule has 1 aliphatic heterocycles. The van der Waals surface area contributed by atoms with Crippen molar-refractivity contribution in [3.63, 3.8) is 0 Å². The summed E-state index contributed by atoms with van der Waals surface area (Å²) >= 11 is 0. The van der Waals surface area contributed by atoms with Gasteiger partial charge >= 0.3 is 0 Å². The van der Waals surface area contributed by atoms with Crippen LogP contribution in [0.3, 0.4) is 0 Å². The number of carbonyl (C=O) groups excluding carboxylic acids is 1. The number of fused-ring (bicyclic) bond motifs is 1. The fourth-order valence-corrected chi connectivity index (χ4v) is 3.34. The van der Waals surface area contributed by atoms with Crippen LogP contribution in [0.5, 0.6) is 11.7 Å². The van der Waals surface area contributed by atoms with Gasteiger partial charge in [0.2, 0.25) is 0 Å². The first-order valence-corrected chi connectivity index (χ1v) is 9.26. The number of aromatic nitrogens is 1. The highest BCUT2D eigenvalue weighted by Gasteiger charge is 2.16. The van der Waals surface area contributed by atoms with E-state index in [9.17, 15) is 4.79 Å². The third kappa shape index (κ3) is 3.86. The summed E-state index contributed by atoms with van der Waals surface area (Å²) in [4.78, 5) is 21.4. The van der Waals surface area contributed by atoms with Gasteiger partial charge in [-0.1, -0.05) is 12.1 Å². The largest absolute Gasteiger partial charge is 0.429 e. The molecule has 1 fully saturated rings. The predicted octanol–water partition coefficient (Wildman–Crippen LogP) is 2.82. The second kappa shape index (κ2) is 7.77. The molecule has 1 aromatic carbocycles. The van der Waals surface area contributed by atoms with Gasteiger partial charge in [0, 0.05) is 18.5 Å². The molecule has 0 bridgehead atoms. The minimum atomic E-state index is -0.365. The topological polar surface area (TPSA) is 109 Å². The molecule has 1 saturated heterocycles. The lowest BCUT2D eigenvalue weighted by atomic mass is 10.2. The highest BCUT2D eigenvalue weighted by Crippen LogP contribution is 2.31. The van der Waals surface area contributed by atoms with Gasteiger partial charge in [-0.15, -0.1) is 0 Å². The molecule has 0 saturated carbocycles. The van der Waals surface area contributed by atoms with Crippen molar-refractivity contribution in [3.8, 4) is 11.7 Å². The van der Waals surface area contributed by atoms with Gasteiger partial charge in [0.1, 0.15) is 11.5 Å². The van der Waals surface area contributed by atoms with E-state index in [1.807, 2.05) is 30.3 Å². The maximum absolute atomic E-state index is 12.3. The number of aliphatic imine (C=N–C) groups is 1. The monoisotopic (exact) mass is 381 g/mol. The Morgan fingerprint density at radius 2 is 2.14 bits per heavy atom. The van der Waals surface area contributed by atoms with Crippen molar-refractivity contribution < 1.29 is 13.9 Å². The fourth-order valence-electron chi connectivity index (χ4n) is 3.34. The van der Waals surface area contributed by atoms with E-state index in [4.69, 9.17) is 14.9 Å². The van der Waals surface area contributed by atoms with E-state index in [0.717, 1.165) is 30.8 Å². The number of H-pyrrole nitrogens is 1. The maximum atomic E-state index is 12.3. The van der Waals surface area contributed by atoms with Crippen LogP contribution in [0.15, 0.2) is 45.8 Å². The molecular weight excluding hydrogens is 358 g/mol. The average molecular weight is 381 g/mol. The van der Waals surface area contributed by atoms with Crippen molar-refractivity contribution in [2.75, 3.05) is 20.1 Å². The second-order valence-corrected chi connectivity index (χ2v) is 6.77. The molecule has 0 atom stereocenters. The molecule has 8 nitrogen and oxygen atoms in total. The van der Waals surface area contributed by atoms with E-state index < -0.39 is 0 Å². The van der Waals surface area contributed by atoms with Crippen LogP contribution in [-0.4, -0.2) is 41.9 Å². The van der Waals surface area contributed by atoms with Crippen LogP contribution in [0, 0.1) is 0 Å². The van der Waals surface area contributed by atoms with Crippen LogP contribution in [0.1, 0.15) is 29.1 Å². The third-order valence-electron chi connectivity index (χ3n) is 4.77. The molecule has 1 aliphatic rings. The predicted molar refractivity (Wildman–Crippen MR) is 107 cm³/mol. The molecule has 0 unspecified atom stereocenters. The summed E-state index contributed by atoms with van der Waals surface area (Å²) in [5, 5.41) is 3.35. The molecule has 0 aliphatic carbocycles. The smallest absolute Gasteiger partial charge is 0.290 e. The van der Waals surface area contributed by atoms with E-state index in [1.165, 1.54) is 19.9 Å².